The smallest absolute Gasteiger partial charge is 0.0577 e. The van der Waals surface area contributed by atoms with E-state index in [4.69, 9.17) is 0 Å². The number of aliphatic hydroxyl groups excluding tert-OH is 1. The molecule has 1 aliphatic heterocycles. The summed E-state index contributed by atoms with van der Waals surface area (Å²) in [6, 6.07) is 0. The van der Waals surface area contributed by atoms with Crippen molar-refractivity contribution in [2.45, 2.75) is 289 Å². The van der Waals surface area contributed by atoms with Gasteiger partial charge in [0, 0.05) is 11.1 Å². The minimum Gasteiger partial charge on any atom is -0.393 e. The van der Waals surface area contributed by atoms with Gasteiger partial charge >= 0.3 is 0 Å². The van der Waals surface area contributed by atoms with Gasteiger partial charge in [-0.3, -0.25) is 0 Å². The highest BCUT2D eigenvalue weighted by atomic mass is 16.5. The second-order valence-corrected chi connectivity index (χ2v) is 16.7. The predicted molar refractivity (Wildman–Crippen MR) is 213 cm³/mol. The fourth-order valence-corrected chi connectivity index (χ4v) is 9.06. The molecule has 48 heavy (non-hydrogen) atoms. The zero-order valence-corrected chi connectivity index (χ0v) is 33.8. The van der Waals surface area contributed by atoms with Crippen molar-refractivity contribution in [1.29, 1.82) is 0 Å². The Morgan fingerprint density at radius 3 is 0.750 bits per heavy atom. The van der Waals surface area contributed by atoms with Crippen LogP contribution in [-0.2, 0) is 0 Å². The van der Waals surface area contributed by atoms with Gasteiger partial charge in [0.05, 0.1) is 6.10 Å². The highest BCUT2D eigenvalue weighted by Gasteiger charge is 2.52. The Kier molecular flexibility index (Phi) is 30.2. The van der Waals surface area contributed by atoms with Gasteiger partial charge in [0.1, 0.15) is 0 Å². The van der Waals surface area contributed by atoms with Crippen molar-refractivity contribution >= 4 is 0 Å². The van der Waals surface area contributed by atoms with Crippen LogP contribution in [0.4, 0.5) is 0 Å². The first-order valence-electron chi connectivity index (χ1n) is 22.7. The third-order valence-electron chi connectivity index (χ3n) is 12.1. The molecule has 1 rings (SSSR count). The van der Waals surface area contributed by atoms with E-state index < -0.39 is 0 Å². The molecule has 288 valence electrons. The molecule has 3 heteroatoms. The number of hydroxylamine groups is 2. The Balaban J connectivity index is 2.95. The number of nitrogens with zero attached hydrogens (tertiary/aromatic N) is 1. The van der Waals surface area contributed by atoms with Gasteiger partial charge in [0.15, 0.2) is 0 Å². The molecule has 0 radical (unpaired) electrons. The normalized spacial score (nSPS) is 16.6. The molecule has 1 saturated heterocycles. The van der Waals surface area contributed by atoms with Crippen LogP contribution in [0.2, 0.25) is 0 Å². The van der Waals surface area contributed by atoms with Crippen LogP contribution in [0.15, 0.2) is 0 Å². The third-order valence-corrected chi connectivity index (χ3v) is 12.1. The Bertz CT molecular complexity index is 571. The molecule has 0 atom stereocenters. The molecule has 0 saturated carbocycles. The standard InChI is InChI=1S/C45H91NO2/c1-5-9-13-17-21-25-29-33-37-44(38-34-30-26-22-18-14-10-6-2)41-43(47)42-45(46(44)48,39-35-31-27-23-19-15-11-7-3)40-36-32-28-24-20-16-12-8-4/h43,47-48H,5-42H2,1-4H3. The van der Waals surface area contributed by atoms with Crippen LogP contribution < -0.4 is 0 Å². The number of aliphatic hydroxyl groups is 1. The van der Waals surface area contributed by atoms with Gasteiger partial charge in [-0.2, -0.15) is 5.06 Å². The maximum absolute atomic E-state index is 12.6. The summed E-state index contributed by atoms with van der Waals surface area (Å²) >= 11 is 0. The zero-order valence-electron chi connectivity index (χ0n) is 33.8. The lowest BCUT2D eigenvalue weighted by atomic mass is 9.68. The van der Waals surface area contributed by atoms with Gasteiger partial charge in [-0.15, -0.1) is 0 Å². The monoisotopic (exact) mass is 678 g/mol. The Morgan fingerprint density at radius 2 is 0.542 bits per heavy atom. The van der Waals surface area contributed by atoms with Gasteiger partial charge < -0.3 is 10.3 Å². The lowest BCUT2D eigenvalue weighted by molar-refractivity contribution is -0.286. The van der Waals surface area contributed by atoms with Crippen molar-refractivity contribution in [3.05, 3.63) is 0 Å². The van der Waals surface area contributed by atoms with E-state index in [0.717, 1.165) is 38.5 Å². The van der Waals surface area contributed by atoms with E-state index in [1.54, 1.807) is 0 Å². The quantitative estimate of drug-likeness (QED) is 0.0649. The number of piperidine rings is 1. The first-order chi connectivity index (χ1) is 23.5. The van der Waals surface area contributed by atoms with Crippen LogP contribution >= 0.6 is 0 Å². The molecule has 1 heterocycles. The number of rotatable bonds is 36. The molecule has 0 bridgehead atoms. The van der Waals surface area contributed by atoms with Gasteiger partial charge in [-0.1, -0.05) is 233 Å². The van der Waals surface area contributed by atoms with Crippen LogP contribution in [0.1, 0.15) is 272 Å². The number of hydrogen-bond donors (Lipinski definition) is 2. The van der Waals surface area contributed by atoms with E-state index >= 15 is 0 Å². The first kappa shape index (κ1) is 45.9. The van der Waals surface area contributed by atoms with E-state index in [0.29, 0.717) is 0 Å². The lowest BCUT2D eigenvalue weighted by Crippen LogP contribution is -2.65. The molecule has 0 aliphatic carbocycles. The Labute approximate surface area is 303 Å². The molecule has 1 fully saturated rings. The summed E-state index contributed by atoms with van der Waals surface area (Å²) in [5.41, 5.74) is -0.495. The van der Waals surface area contributed by atoms with Crippen molar-refractivity contribution in [1.82, 2.24) is 5.06 Å². The highest BCUT2D eigenvalue weighted by molar-refractivity contribution is 5.04. The predicted octanol–water partition coefficient (Wildman–Crippen LogP) is 15.4. The molecule has 2 N–H and O–H groups in total. The van der Waals surface area contributed by atoms with E-state index in [-0.39, 0.29) is 17.2 Å². The largest absolute Gasteiger partial charge is 0.393 e. The number of unbranched alkanes of at least 4 members (excludes halogenated alkanes) is 28. The van der Waals surface area contributed by atoms with E-state index in [1.807, 2.05) is 5.06 Å². The van der Waals surface area contributed by atoms with Crippen molar-refractivity contribution in [3.63, 3.8) is 0 Å². The maximum atomic E-state index is 12.6. The summed E-state index contributed by atoms with van der Waals surface area (Å²) < 4.78 is 0. The minimum absolute atomic E-state index is 0.248. The van der Waals surface area contributed by atoms with Gasteiger partial charge in [0.2, 0.25) is 0 Å². The average Bonchev–Trinajstić information content (AvgIpc) is 3.08. The second kappa shape index (κ2) is 31.6. The SMILES string of the molecule is CCCCCCCCCCC1(CCCCCCCCCC)CC(O)CC(CCCCCCCCCC)(CCCCCCCCCC)N1O. The second-order valence-electron chi connectivity index (χ2n) is 16.7. The van der Waals surface area contributed by atoms with Crippen LogP contribution in [0.3, 0.4) is 0 Å². The lowest BCUT2D eigenvalue weighted by Gasteiger charge is -2.57. The molecular formula is C45H91NO2. The molecule has 0 aromatic rings. The molecule has 0 spiro atoms. The minimum atomic E-state index is -0.278. The molecular weight excluding hydrogens is 587 g/mol. The van der Waals surface area contributed by atoms with E-state index in [2.05, 4.69) is 27.7 Å². The molecule has 3 nitrogen and oxygen atoms in total. The molecule has 1 aliphatic rings. The topological polar surface area (TPSA) is 43.7 Å². The summed E-state index contributed by atoms with van der Waals surface area (Å²) in [6.45, 7) is 9.20. The van der Waals surface area contributed by atoms with Gasteiger partial charge in [-0.25, -0.2) is 0 Å². The zero-order chi connectivity index (χ0) is 35.0. The summed E-state index contributed by atoms with van der Waals surface area (Å²) in [6.07, 6.45) is 47.9. The highest BCUT2D eigenvalue weighted by Crippen LogP contribution is 2.48. The van der Waals surface area contributed by atoms with E-state index in [9.17, 15) is 10.3 Å². The maximum Gasteiger partial charge on any atom is 0.0577 e. The van der Waals surface area contributed by atoms with Crippen molar-refractivity contribution < 1.29 is 10.3 Å². The fraction of sp³-hybridized carbons (Fsp3) is 1.00. The summed E-state index contributed by atoms with van der Waals surface area (Å²) in [5.74, 6) is 0. The van der Waals surface area contributed by atoms with Gasteiger partial charge in [-0.05, 0) is 38.5 Å². The third kappa shape index (κ3) is 21.3. The van der Waals surface area contributed by atoms with Crippen LogP contribution in [0, 0.1) is 0 Å². The molecule has 0 unspecified atom stereocenters. The fourth-order valence-electron chi connectivity index (χ4n) is 9.06. The summed E-state index contributed by atoms with van der Waals surface area (Å²) in [4.78, 5) is 0. The molecule has 0 aromatic carbocycles. The van der Waals surface area contributed by atoms with E-state index in [1.165, 1.54) is 205 Å². The first-order valence-corrected chi connectivity index (χ1v) is 22.7. The number of hydrogen-bond acceptors (Lipinski definition) is 3. The average molecular weight is 678 g/mol. The van der Waals surface area contributed by atoms with Crippen molar-refractivity contribution in [3.8, 4) is 0 Å². The van der Waals surface area contributed by atoms with Crippen molar-refractivity contribution in [2.75, 3.05) is 0 Å². The van der Waals surface area contributed by atoms with Crippen LogP contribution in [0.5, 0.6) is 0 Å². The molecule has 0 aromatic heterocycles. The van der Waals surface area contributed by atoms with Crippen molar-refractivity contribution in [2.24, 2.45) is 0 Å². The Morgan fingerprint density at radius 1 is 0.354 bits per heavy atom. The molecule has 0 amide bonds. The Hall–Kier alpha value is -0.120. The summed E-state index contributed by atoms with van der Waals surface area (Å²) in [7, 11) is 0. The van der Waals surface area contributed by atoms with Crippen LogP contribution in [0.25, 0.3) is 0 Å². The summed E-state index contributed by atoms with van der Waals surface area (Å²) in [5, 5.41) is 26.2. The van der Waals surface area contributed by atoms with Crippen LogP contribution in [-0.4, -0.2) is 32.6 Å². The van der Waals surface area contributed by atoms with Gasteiger partial charge in [0.25, 0.3) is 0 Å².